The van der Waals surface area contributed by atoms with Crippen LogP contribution >= 0.6 is 0 Å². The number of likely N-dealkylation sites (tertiary alicyclic amines) is 1. The maximum Gasteiger partial charge on any atom is 0.306 e. The Morgan fingerprint density at radius 1 is 1.13 bits per heavy atom. The van der Waals surface area contributed by atoms with Crippen LogP contribution in [0.5, 0.6) is 0 Å². The first-order chi connectivity index (χ1) is 18.4. The van der Waals surface area contributed by atoms with Crippen LogP contribution in [0.2, 0.25) is 0 Å². The summed E-state index contributed by atoms with van der Waals surface area (Å²) in [6.45, 7) is 1.15. The van der Waals surface area contributed by atoms with E-state index in [1.165, 1.54) is 5.56 Å². The van der Waals surface area contributed by atoms with E-state index in [9.17, 15) is 19.1 Å². The zero-order chi connectivity index (χ0) is 26.2. The van der Waals surface area contributed by atoms with Crippen LogP contribution in [0.4, 0.5) is 16.1 Å². The summed E-state index contributed by atoms with van der Waals surface area (Å²) in [7, 11) is 0. The third-order valence-corrected chi connectivity index (χ3v) is 8.15. The molecule has 6 rings (SSSR count). The summed E-state index contributed by atoms with van der Waals surface area (Å²) in [5, 5.41) is 9.18. The van der Waals surface area contributed by atoms with E-state index in [0.717, 1.165) is 29.7 Å². The summed E-state index contributed by atoms with van der Waals surface area (Å²) in [5.41, 5.74) is 4.52. The SMILES string of the molecule is O=C(Cc1ccc2nc(N3CCc4ccccc43)oc2c1)N1C[C@@H](F)C[C@H]1CO[C@H]1CC[C@H](C(=O)O)CC1. The summed E-state index contributed by atoms with van der Waals surface area (Å²) in [6.07, 6.45) is 2.78. The number of nitrogens with zero attached hydrogens (tertiary/aromatic N) is 3. The lowest BCUT2D eigenvalue weighted by atomic mass is 9.87. The molecule has 9 heteroatoms. The number of carboxylic acid groups (broad SMARTS) is 1. The van der Waals surface area contributed by atoms with E-state index in [1.807, 2.05) is 30.3 Å². The van der Waals surface area contributed by atoms with Crippen LogP contribution in [0.15, 0.2) is 46.9 Å². The van der Waals surface area contributed by atoms with Gasteiger partial charge in [0.1, 0.15) is 11.7 Å². The van der Waals surface area contributed by atoms with E-state index in [4.69, 9.17) is 9.15 Å². The molecule has 2 fully saturated rings. The first-order valence-corrected chi connectivity index (χ1v) is 13.5. The second-order valence-electron chi connectivity index (χ2n) is 10.7. The van der Waals surface area contributed by atoms with Gasteiger partial charge in [0.25, 0.3) is 0 Å². The third kappa shape index (κ3) is 4.99. The Kier molecular flexibility index (Phi) is 6.78. The van der Waals surface area contributed by atoms with E-state index in [-0.39, 0.29) is 50.0 Å². The van der Waals surface area contributed by atoms with Gasteiger partial charge >= 0.3 is 12.0 Å². The number of benzene rings is 2. The summed E-state index contributed by atoms with van der Waals surface area (Å²) in [4.78, 5) is 32.7. The second kappa shape index (κ2) is 10.4. The van der Waals surface area contributed by atoms with Crippen LogP contribution in [0.3, 0.4) is 0 Å². The molecule has 2 atom stereocenters. The van der Waals surface area contributed by atoms with Crippen LogP contribution in [0.25, 0.3) is 11.1 Å². The average Bonchev–Trinajstić information content (AvgIpc) is 3.63. The molecule has 1 aromatic heterocycles. The smallest absolute Gasteiger partial charge is 0.306 e. The molecule has 0 spiro atoms. The number of hydrogen-bond donors (Lipinski definition) is 1. The average molecular weight is 522 g/mol. The Morgan fingerprint density at radius 2 is 1.95 bits per heavy atom. The third-order valence-electron chi connectivity index (χ3n) is 8.15. The van der Waals surface area contributed by atoms with Crippen LogP contribution in [-0.2, 0) is 27.2 Å². The van der Waals surface area contributed by atoms with Crippen molar-refractivity contribution in [1.82, 2.24) is 9.88 Å². The molecule has 3 heterocycles. The van der Waals surface area contributed by atoms with Crippen molar-refractivity contribution in [2.75, 3.05) is 24.6 Å². The number of alkyl halides is 1. The number of carboxylic acids is 1. The van der Waals surface area contributed by atoms with Crippen molar-refractivity contribution in [3.63, 3.8) is 0 Å². The van der Waals surface area contributed by atoms with Crippen molar-refractivity contribution >= 4 is 34.7 Å². The molecule has 0 bridgehead atoms. The highest BCUT2D eigenvalue weighted by atomic mass is 19.1. The number of halogens is 1. The van der Waals surface area contributed by atoms with Gasteiger partial charge < -0.3 is 19.2 Å². The Labute approximate surface area is 220 Å². The number of rotatable bonds is 7. The molecule has 2 aliphatic heterocycles. The number of fused-ring (bicyclic) bond motifs is 2. The Balaban J connectivity index is 1.09. The predicted molar refractivity (Wildman–Crippen MR) is 139 cm³/mol. The van der Waals surface area contributed by atoms with Gasteiger partial charge in [-0.1, -0.05) is 24.3 Å². The fourth-order valence-corrected chi connectivity index (χ4v) is 6.04. The molecular weight excluding hydrogens is 489 g/mol. The Bertz CT molecular complexity index is 1330. The van der Waals surface area contributed by atoms with Gasteiger partial charge in [-0.3, -0.25) is 14.5 Å². The molecule has 3 aliphatic rings. The standard InChI is InChI=1S/C29H32FN3O5/c30-21-15-22(17-37-23-8-6-20(7-9-23)28(35)36)33(16-21)27(34)14-18-5-10-24-26(13-18)38-29(31-24)32-12-11-19-3-1-2-4-25(19)32/h1-5,10,13,20-23H,6-9,11-12,14-17H2,(H,35,36)/t20-,21-,22-,23-/m0/s1. The molecular formula is C29H32FN3O5. The normalized spacial score (nSPS) is 25.2. The molecule has 3 aromatic rings. The number of hydrogen-bond acceptors (Lipinski definition) is 6. The highest BCUT2D eigenvalue weighted by Crippen LogP contribution is 2.35. The molecule has 1 saturated heterocycles. The number of oxazole rings is 1. The summed E-state index contributed by atoms with van der Waals surface area (Å²) < 4.78 is 26.5. The number of para-hydroxylation sites is 1. The lowest BCUT2D eigenvalue weighted by Gasteiger charge is -2.29. The molecule has 1 N–H and O–H groups in total. The minimum Gasteiger partial charge on any atom is -0.481 e. The number of ether oxygens (including phenoxy) is 1. The molecule has 0 unspecified atom stereocenters. The summed E-state index contributed by atoms with van der Waals surface area (Å²) in [6, 6.07) is 14.0. The van der Waals surface area contributed by atoms with Gasteiger partial charge in [-0.05, 0) is 61.4 Å². The van der Waals surface area contributed by atoms with Crippen LogP contribution in [0.1, 0.15) is 43.2 Å². The highest BCUT2D eigenvalue weighted by molar-refractivity contribution is 5.82. The molecule has 1 amide bonds. The Morgan fingerprint density at radius 3 is 2.76 bits per heavy atom. The second-order valence-corrected chi connectivity index (χ2v) is 10.7. The van der Waals surface area contributed by atoms with Crippen molar-refractivity contribution in [1.29, 1.82) is 0 Å². The van der Waals surface area contributed by atoms with Crippen molar-refractivity contribution in [2.24, 2.45) is 5.92 Å². The van der Waals surface area contributed by atoms with Gasteiger partial charge in [0, 0.05) is 18.7 Å². The van der Waals surface area contributed by atoms with Crippen LogP contribution in [0, 0.1) is 5.92 Å². The minimum atomic E-state index is -1.07. The summed E-state index contributed by atoms with van der Waals surface area (Å²) >= 11 is 0. The first kappa shape index (κ1) is 24.9. The quantitative estimate of drug-likeness (QED) is 0.483. The van der Waals surface area contributed by atoms with Gasteiger partial charge in [-0.2, -0.15) is 4.98 Å². The number of aromatic nitrogens is 1. The molecule has 0 radical (unpaired) electrons. The molecule has 1 aliphatic carbocycles. The van der Waals surface area contributed by atoms with E-state index in [2.05, 4.69) is 22.0 Å². The highest BCUT2D eigenvalue weighted by Gasteiger charge is 2.36. The maximum atomic E-state index is 14.4. The lowest BCUT2D eigenvalue weighted by Crippen LogP contribution is -2.40. The largest absolute Gasteiger partial charge is 0.481 e. The number of carbonyl (C=O) groups is 2. The Hall–Kier alpha value is -3.46. The topological polar surface area (TPSA) is 96.1 Å². The van der Waals surface area contributed by atoms with Gasteiger partial charge in [0.05, 0.1) is 37.6 Å². The van der Waals surface area contributed by atoms with E-state index in [0.29, 0.717) is 37.3 Å². The zero-order valence-electron chi connectivity index (χ0n) is 21.2. The number of carbonyl (C=O) groups excluding carboxylic acids is 1. The van der Waals surface area contributed by atoms with E-state index in [1.54, 1.807) is 4.90 Å². The number of aliphatic carboxylic acids is 1. The fourth-order valence-electron chi connectivity index (χ4n) is 6.04. The zero-order valence-corrected chi connectivity index (χ0v) is 21.2. The van der Waals surface area contributed by atoms with Crippen molar-refractivity contribution < 1.29 is 28.2 Å². The molecule has 8 nitrogen and oxygen atoms in total. The van der Waals surface area contributed by atoms with Gasteiger partial charge in [-0.15, -0.1) is 0 Å². The van der Waals surface area contributed by atoms with Crippen molar-refractivity contribution in [3.8, 4) is 0 Å². The summed E-state index contributed by atoms with van der Waals surface area (Å²) in [5.74, 6) is -1.20. The van der Waals surface area contributed by atoms with Gasteiger partial charge in [-0.25, -0.2) is 4.39 Å². The van der Waals surface area contributed by atoms with E-state index >= 15 is 0 Å². The number of anilines is 2. The monoisotopic (exact) mass is 521 g/mol. The predicted octanol–water partition coefficient (Wildman–Crippen LogP) is 4.66. The maximum absolute atomic E-state index is 14.4. The molecule has 2 aromatic carbocycles. The first-order valence-electron chi connectivity index (χ1n) is 13.5. The molecule has 200 valence electrons. The van der Waals surface area contributed by atoms with Gasteiger partial charge in [0.15, 0.2) is 5.58 Å². The lowest BCUT2D eigenvalue weighted by molar-refractivity contribution is -0.144. The van der Waals surface area contributed by atoms with Crippen molar-refractivity contribution in [2.45, 2.75) is 63.3 Å². The van der Waals surface area contributed by atoms with Crippen molar-refractivity contribution in [3.05, 3.63) is 53.6 Å². The fraction of sp³-hybridized carbons (Fsp3) is 0.483. The number of amides is 1. The molecule has 1 saturated carbocycles. The molecule has 38 heavy (non-hydrogen) atoms. The van der Waals surface area contributed by atoms with Gasteiger partial charge in [0.2, 0.25) is 5.91 Å². The van der Waals surface area contributed by atoms with Crippen LogP contribution in [-0.4, -0.2) is 64.9 Å². The van der Waals surface area contributed by atoms with Crippen LogP contribution < -0.4 is 4.90 Å². The minimum absolute atomic E-state index is 0.0353. The van der Waals surface area contributed by atoms with E-state index < -0.39 is 12.1 Å².